The highest BCUT2D eigenvalue weighted by Crippen LogP contribution is 2.42. The number of hydrogen-bond donors (Lipinski definition) is 1. The number of amides is 2. The van der Waals surface area contributed by atoms with Gasteiger partial charge in [0.25, 0.3) is 0 Å². The van der Waals surface area contributed by atoms with Crippen molar-refractivity contribution in [2.75, 3.05) is 18.4 Å². The number of rotatable bonds is 3. The van der Waals surface area contributed by atoms with Gasteiger partial charge in [0.15, 0.2) is 0 Å². The van der Waals surface area contributed by atoms with Crippen molar-refractivity contribution in [3.8, 4) is 0 Å². The quantitative estimate of drug-likeness (QED) is 0.904. The summed E-state index contributed by atoms with van der Waals surface area (Å²) in [5, 5.41) is 12.6. The van der Waals surface area contributed by atoms with Crippen molar-refractivity contribution in [3.05, 3.63) is 5.01 Å². The third-order valence-corrected chi connectivity index (χ3v) is 5.12. The molecule has 132 valence electrons. The van der Waals surface area contributed by atoms with Gasteiger partial charge in [-0.25, -0.2) is 4.79 Å². The number of hydrogen-bond acceptors (Lipinski definition) is 6. The average molecular weight is 352 g/mol. The number of anilines is 1. The minimum absolute atomic E-state index is 0.0302. The molecule has 2 amide bonds. The summed E-state index contributed by atoms with van der Waals surface area (Å²) in [4.78, 5) is 26.1. The fourth-order valence-electron chi connectivity index (χ4n) is 2.64. The Hall–Kier alpha value is -1.70. The lowest BCUT2D eigenvalue weighted by atomic mass is 9.96. The maximum absolute atomic E-state index is 12.4. The Balaban J connectivity index is 1.46. The summed E-state index contributed by atoms with van der Waals surface area (Å²) in [6.07, 6.45) is 3.32. The number of piperidine rings is 1. The molecule has 2 fully saturated rings. The van der Waals surface area contributed by atoms with Crippen LogP contribution in [0.4, 0.5) is 9.93 Å². The molecule has 1 aromatic rings. The van der Waals surface area contributed by atoms with Gasteiger partial charge in [-0.2, -0.15) is 0 Å². The number of aromatic nitrogens is 2. The number of nitrogens with zero attached hydrogens (tertiary/aromatic N) is 3. The maximum atomic E-state index is 12.4. The largest absolute Gasteiger partial charge is 0.444 e. The SMILES string of the molecule is CC(C)(C)OC(=O)N1CCC(C(=O)Nc2nnc(C3CC3)s2)CC1. The molecule has 0 aromatic carbocycles. The Bertz CT molecular complexity index is 613. The highest BCUT2D eigenvalue weighted by Gasteiger charge is 2.31. The Morgan fingerprint density at radius 3 is 2.42 bits per heavy atom. The van der Waals surface area contributed by atoms with Crippen LogP contribution in [0.25, 0.3) is 0 Å². The highest BCUT2D eigenvalue weighted by atomic mass is 32.1. The van der Waals surface area contributed by atoms with Crippen molar-refractivity contribution in [1.82, 2.24) is 15.1 Å². The van der Waals surface area contributed by atoms with Crippen LogP contribution in [0.2, 0.25) is 0 Å². The summed E-state index contributed by atoms with van der Waals surface area (Å²) in [6.45, 7) is 6.63. The van der Waals surface area contributed by atoms with Crippen molar-refractivity contribution >= 4 is 28.5 Å². The zero-order valence-electron chi connectivity index (χ0n) is 14.4. The minimum atomic E-state index is -0.498. The lowest BCUT2D eigenvalue weighted by Crippen LogP contribution is -2.43. The van der Waals surface area contributed by atoms with E-state index in [1.165, 1.54) is 24.2 Å². The summed E-state index contributed by atoms with van der Waals surface area (Å²) in [6, 6.07) is 0. The monoisotopic (exact) mass is 352 g/mol. The van der Waals surface area contributed by atoms with Crippen LogP contribution in [0, 0.1) is 5.92 Å². The van der Waals surface area contributed by atoms with Gasteiger partial charge < -0.3 is 15.0 Å². The Morgan fingerprint density at radius 1 is 1.17 bits per heavy atom. The molecular formula is C16H24N4O3S. The Labute approximate surface area is 145 Å². The predicted molar refractivity (Wildman–Crippen MR) is 91.0 cm³/mol. The van der Waals surface area contributed by atoms with Crippen molar-refractivity contribution in [2.45, 2.75) is 58.0 Å². The molecule has 1 aliphatic carbocycles. The molecule has 3 rings (SSSR count). The third kappa shape index (κ3) is 4.43. The van der Waals surface area contributed by atoms with E-state index in [2.05, 4.69) is 15.5 Å². The first-order valence-corrected chi connectivity index (χ1v) is 9.25. The minimum Gasteiger partial charge on any atom is -0.444 e. The summed E-state index contributed by atoms with van der Waals surface area (Å²) >= 11 is 1.47. The Morgan fingerprint density at radius 2 is 1.83 bits per heavy atom. The van der Waals surface area contributed by atoms with Crippen LogP contribution in [-0.4, -0.2) is 45.8 Å². The summed E-state index contributed by atoms with van der Waals surface area (Å²) < 4.78 is 5.37. The van der Waals surface area contributed by atoms with E-state index in [0.29, 0.717) is 37.0 Å². The molecule has 2 aliphatic rings. The van der Waals surface area contributed by atoms with Crippen LogP contribution in [0.15, 0.2) is 0 Å². The molecule has 2 heterocycles. The molecule has 8 heteroatoms. The van der Waals surface area contributed by atoms with Crippen LogP contribution < -0.4 is 5.32 Å². The first-order chi connectivity index (χ1) is 11.3. The first-order valence-electron chi connectivity index (χ1n) is 8.44. The van der Waals surface area contributed by atoms with E-state index in [1.54, 1.807) is 4.90 Å². The molecule has 0 radical (unpaired) electrons. The molecule has 0 bridgehead atoms. The Kier molecular flexibility index (Phi) is 4.76. The van der Waals surface area contributed by atoms with Crippen molar-refractivity contribution in [2.24, 2.45) is 5.92 Å². The van der Waals surface area contributed by atoms with Gasteiger partial charge in [-0.05, 0) is 46.5 Å². The molecular weight excluding hydrogens is 328 g/mol. The van der Waals surface area contributed by atoms with E-state index < -0.39 is 5.60 Å². The van der Waals surface area contributed by atoms with E-state index in [4.69, 9.17) is 4.74 Å². The van der Waals surface area contributed by atoms with Crippen LogP contribution in [0.1, 0.15) is 57.4 Å². The van der Waals surface area contributed by atoms with Gasteiger partial charge in [-0.1, -0.05) is 11.3 Å². The highest BCUT2D eigenvalue weighted by molar-refractivity contribution is 7.15. The lowest BCUT2D eigenvalue weighted by Gasteiger charge is -2.32. The summed E-state index contributed by atoms with van der Waals surface area (Å²) in [7, 11) is 0. The topological polar surface area (TPSA) is 84.4 Å². The van der Waals surface area contributed by atoms with Crippen LogP contribution in [0.5, 0.6) is 0 Å². The van der Waals surface area contributed by atoms with Gasteiger partial charge in [-0.3, -0.25) is 4.79 Å². The van der Waals surface area contributed by atoms with Gasteiger partial charge in [0, 0.05) is 24.9 Å². The molecule has 0 spiro atoms. The molecule has 7 nitrogen and oxygen atoms in total. The molecule has 1 saturated carbocycles. The second-order valence-corrected chi connectivity index (χ2v) is 8.46. The fraction of sp³-hybridized carbons (Fsp3) is 0.750. The standard InChI is InChI=1S/C16H24N4O3S/c1-16(2,3)23-15(22)20-8-6-10(7-9-20)12(21)17-14-19-18-13(24-14)11-4-5-11/h10-11H,4-9H2,1-3H3,(H,17,19,21). The van der Waals surface area contributed by atoms with E-state index in [9.17, 15) is 9.59 Å². The number of carbonyl (C=O) groups excluding carboxylic acids is 2. The molecule has 1 saturated heterocycles. The summed E-state index contributed by atoms with van der Waals surface area (Å²) in [5.74, 6) is 0.416. The predicted octanol–water partition coefficient (Wildman–Crippen LogP) is 3.00. The second-order valence-electron chi connectivity index (χ2n) is 7.45. The maximum Gasteiger partial charge on any atom is 0.410 e. The van der Waals surface area contributed by atoms with Gasteiger partial charge in [-0.15, -0.1) is 10.2 Å². The lowest BCUT2D eigenvalue weighted by molar-refractivity contribution is -0.121. The number of carbonyl (C=O) groups is 2. The number of likely N-dealkylation sites (tertiary alicyclic amines) is 1. The van der Waals surface area contributed by atoms with Crippen LogP contribution in [-0.2, 0) is 9.53 Å². The van der Waals surface area contributed by atoms with Gasteiger partial charge >= 0.3 is 6.09 Å². The molecule has 0 unspecified atom stereocenters. The molecule has 1 N–H and O–H groups in total. The smallest absolute Gasteiger partial charge is 0.410 e. The van der Waals surface area contributed by atoms with Gasteiger partial charge in [0.2, 0.25) is 11.0 Å². The molecule has 1 aromatic heterocycles. The molecule has 24 heavy (non-hydrogen) atoms. The van der Waals surface area contributed by atoms with E-state index in [1.807, 2.05) is 20.8 Å². The number of ether oxygens (including phenoxy) is 1. The average Bonchev–Trinajstić information content (AvgIpc) is 3.26. The van der Waals surface area contributed by atoms with E-state index in [0.717, 1.165) is 5.01 Å². The number of nitrogens with one attached hydrogen (secondary N) is 1. The van der Waals surface area contributed by atoms with Gasteiger partial charge in [0.1, 0.15) is 10.6 Å². The third-order valence-electron chi connectivity index (χ3n) is 4.11. The zero-order chi connectivity index (χ0) is 17.3. The summed E-state index contributed by atoms with van der Waals surface area (Å²) in [5.41, 5.74) is -0.498. The van der Waals surface area contributed by atoms with E-state index in [-0.39, 0.29) is 17.9 Å². The van der Waals surface area contributed by atoms with Gasteiger partial charge in [0.05, 0.1) is 0 Å². The fourth-order valence-corrected chi connectivity index (χ4v) is 3.55. The molecule has 1 aliphatic heterocycles. The zero-order valence-corrected chi connectivity index (χ0v) is 15.2. The molecule has 0 atom stereocenters. The van der Waals surface area contributed by atoms with Crippen molar-refractivity contribution in [3.63, 3.8) is 0 Å². The first kappa shape index (κ1) is 17.1. The van der Waals surface area contributed by atoms with Crippen LogP contribution in [0.3, 0.4) is 0 Å². The van der Waals surface area contributed by atoms with Crippen molar-refractivity contribution < 1.29 is 14.3 Å². The van der Waals surface area contributed by atoms with Crippen LogP contribution >= 0.6 is 11.3 Å². The van der Waals surface area contributed by atoms with Crippen molar-refractivity contribution in [1.29, 1.82) is 0 Å². The van der Waals surface area contributed by atoms with E-state index >= 15 is 0 Å². The normalized spacial score (nSPS) is 19.2. The second kappa shape index (κ2) is 6.66.